The highest BCUT2D eigenvalue weighted by Crippen LogP contribution is 2.38. The highest BCUT2D eigenvalue weighted by Gasteiger charge is 2.33. The fraction of sp³-hybridized carbons (Fsp3) is 0.550. The number of amides is 1. The van der Waals surface area contributed by atoms with Gasteiger partial charge in [-0.15, -0.1) is 0 Å². The zero-order valence-corrected chi connectivity index (χ0v) is 16.0. The first kappa shape index (κ1) is 19.4. The van der Waals surface area contributed by atoms with Gasteiger partial charge in [-0.3, -0.25) is 4.79 Å². The summed E-state index contributed by atoms with van der Waals surface area (Å²) in [6.45, 7) is 2.39. The quantitative estimate of drug-likeness (QED) is 0.773. The second-order valence-corrected chi connectivity index (χ2v) is 7.42. The smallest absolute Gasteiger partial charge is 0.249 e. The molecule has 1 aliphatic rings. The highest BCUT2D eigenvalue weighted by atomic mass is 16.5. The van der Waals surface area contributed by atoms with Crippen molar-refractivity contribution in [1.82, 2.24) is 15.5 Å². The van der Waals surface area contributed by atoms with Crippen molar-refractivity contribution in [2.24, 2.45) is 11.1 Å². The maximum absolute atomic E-state index is 12.5. The van der Waals surface area contributed by atoms with Gasteiger partial charge in [-0.1, -0.05) is 36.6 Å². The Morgan fingerprint density at radius 2 is 2.15 bits per heavy atom. The Kier molecular flexibility index (Phi) is 6.11. The Labute approximate surface area is 159 Å². The molecule has 7 nitrogen and oxygen atoms in total. The SMILES string of the molecule is COc1cccc(-c2noc(C(C)NC(=O)CC3(CN)CCCCC3)n2)c1. The Balaban J connectivity index is 1.63. The van der Waals surface area contributed by atoms with Crippen molar-refractivity contribution in [2.75, 3.05) is 13.7 Å². The van der Waals surface area contributed by atoms with Crippen LogP contribution in [0.3, 0.4) is 0 Å². The largest absolute Gasteiger partial charge is 0.497 e. The number of methoxy groups -OCH3 is 1. The predicted octanol–water partition coefficient (Wildman–Crippen LogP) is 3.22. The van der Waals surface area contributed by atoms with E-state index in [0.717, 1.165) is 37.0 Å². The number of hydrogen-bond donors (Lipinski definition) is 2. The first-order valence-electron chi connectivity index (χ1n) is 9.53. The van der Waals surface area contributed by atoms with Gasteiger partial charge in [0.25, 0.3) is 0 Å². The summed E-state index contributed by atoms with van der Waals surface area (Å²) in [4.78, 5) is 17.0. The van der Waals surface area contributed by atoms with Gasteiger partial charge in [0, 0.05) is 12.0 Å². The summed E-state index contributed by atoms with van der Waals surface area (Å²) < 4.78 is 10.6. The zero-order valence-electron chi connectivity index (χ0n) is 16.0. The number of rotatable bonds is 7. The van der Waals surface area contributed by atoms with Crippen LogP contribution in [0.1, 0.15) is 57.4 Å². The molecule has 0 saturated heterocycles. The molecule has 7 heteroatoms. The maximum atomic E-state index is 12.5. The number of carbonyl (C=O) groups excluding carboxylic acids is 1. The monoisotopic (exact) mass is 372 g/mol. The topological polar surface area (TPSA) is 103 Å². The second kappa shape index (κ2) is 8.52. The van der Waals surface area contributed by atoms with Crippen LogP contribution < -0.4 is 15.8 Å². The fourth-order valence-electron chi connectivity index (χ4n) is 3.74. The molecule has 3 rings (SSSR count). The van der Waals surface area contributed by atoms with E-state index in [1.165, 1.54) is 6.42 Å². The van der Waals surface area contributed by atoms with Gasteiger partial charge in [-0.2, -0.15) is 4.98 Å². The molecule has 1 amide bonds. The first-order chi connectivity index (χ1) is 13.0. The van der Waals surface area contributed by atoms with Gasteiger partial charge in [0.15, 0.2) is 0 Å². The van der Waals surface area contributed by atoms with E-state index in [1.807, 2.05) is 31.2 Å². The molecular weight excluding hydrogens is 344 g/mol. The third kappa shape index (κ3) is 4.66. The van der Waals surface area contributed by atoms with Crippen LogP contribution in [0.25, 0.3) is 11.4 Å². The number of carbonyl (C=O) groups is 1. The molecule has 27 heavy (non-hydrogen) atoms. The molecule has 1 unspecified atom stereocenters. The summed E-state index contributed by atoms with van der Waals surface area (Å²) in [6, 6.07) is 7.08. The van der Waals surface area contributed by atoms with Crippen LogP contribution in [0.2, 0.25) is 0 Å². The normalized spacial score (nSPS) is 17.3. The van der Waals surface area contributed by atoms with Crippen LogP contribution in [0.15, 0.2) is 28.8 Å². The zero-order chi connectivity index (χ0) is 19.3. The molecule has 0 bridgehead atoms. The van der Waals surface area contributed by atoms with Gasteiger partial charge in [0.2, 0.25) is 17.6 Å². The average Bonchev–Trinajstić information content (AvgIpc) is 3.19. The fourth-order valence-corrected chi connectivity index (χ4v) is 3.74. The molecule has 0 aliphatic heterocycles. The molecule has 1 aromatic heterocycles. The van der Waals surface area contributed by atoms with Gasteiger partial charge < -0.3 is 20.3 Å². The van der Waals surface area contributed by atoms with Crippen molar-refractivity contribution in [3.63, 3.8) is 0 Å². The number of nitrogens with two attached hydrogens (primary N) is 1. The van der Waals surface area contributed by atoms with Crippen LogP contribution in [0.4, 0.5) is 0 Å². The molecule has 3 N–H and O–H groups in total. The number of nitrogens with one attached hydrogen (secondary N) is 1. The molecule has 146 valence electrons. The van der Waals surface area contributed by atoms with Crippen LogP contribution in [-0.2, 0) is 4.79 Å². The van der Waals surface area contributed by atoms with Gasteiger partial charge in [0.05, 0.1) is 7.11 Å². The standard InChI is InChI=1S/C20H28N4O3/c1-14(22-17(25)12-20(13-21)9-4-3-5-10-20)19-23-18(24-27-19)15-7-6-8-16(11-15)26-2/h6-8,11,14H,3-5,9-10,12-13,21H2,1-2H3,(H,22,25). The van der Waals surface area contributed by atoms with Crippen LogP contribution in [-0.4, -0.2) is 29.7 Å². The molecule has 0 spiro atoms. The van der Waals surface area contributed by atoms with Gasteiger partial charge >= 0.3 is 0 Å². The van der Waals surface area contributed by atoms with E-state index in [0.29, 0.717) is 24.7 Å². The van der Waals surface area contributed by atoms with Gasteiger partial charge in [0.1, 0.15) is 11.8 Å². The van der Waals surface area contributed by atoms with E-state index < -0.39 is 0 Å². The Morgan fingerprint density at radius 1 is 1.37 bits per heavy atom. The third-order valence-corrected chi connectivity index (χ3v) is 5.40. The van der Waals surface area contributed by atoms with Crippen molar-refractivity contribution in [3.05, 3.63) is 30.2 Å². The summed E-state index contributed by atoms with van der Waals surface area (Å²) >= 11 is 0. The molecule has 1 fully saturated rings. The average molecular weight is 372 g/mol. The minimum absolute atomic E-state index is 0.0176. The summed E-state index contributed by atoms with van der Waals surface area (Å²) in [6.07, 6.45) is 6.01. The number of ether oxygens (including phenoxy) is 1. The van der Waals surface area contributed by atoms with Gasteiger partial charge in [-0.05, 0) is 43.9 Å². The molecule has 0 radical (unpaired) electrons. The lowest BCUT2D eigenvalue weighted by Gasteiger charge is -2.35. The van der Waals surface area contributed by atoms with E-state index in [4.69, 9.17) is 15.0 Å². The third-order valence-electron chi connectivity index (χ3n) is 5.40. The van der Waals surface area contributed by atoms with E-state index in [9.17, 15) is 4.79 Å². The molecule has 1 saturated carbocycles. The van der Waals surface area contributed by atoms with Crippen LogP contribution >= 0.6 is 0 Å². The van der Waals surface area contributed by atoms with Crippen molar-refractivity contribution in [3.8, 4) is 17.1 Å². The van der Waals surface area contributed by atoms with Crippen LogP contribution in [0.5, 0.6) is 5.75 Å². The summed E-state index contributed by atoms with van der Waals surface area (Å²) in [7, 11) is 1.61. The number of nitrogens with zero attached hydrogens (tertiary/aromatic N) is 2. The number of benzene rings is 1. The van der Waals surface area contributed by atoms with Crippen molar-refractivity contribution < 1.29 is 14.1 Å². The molecule has 1 aromatic carbocycles. The molecule has 1 heterocycles. The van der Waals surface area contributed by atoms with Crippen molar-refractivity contribution >= 4 is 5.91 Å². The maximum Gasteiger partial charge on any atom is 0.249 e. The Bertz CT molecular complexity index is 768. The van der Waals surface area contributed by atoms with E-state index >= 15 is 0 Å². The lowest BCUT2D eigenvalue weighted by molar-refractivity contribution is -0.124. The Morgan fingerprint density at radius 3 is 2.85 bits per heavy atom. The molecule has 2 aromatic rings. The predicted molar refractivity (Wildman–Crippen MR) is 102 cm³/mol. The van der Waals surface area contributed by atoms with Crippen molar-refractivity contribution in [1.29, 1.82) is 0 Å². The number of hydrogen-bond acceptors (Lipinski definition) is 6. The van der Waals surface area contributed by atoms with E-state index in [-0.39, 0.29) is 17.4 Å². The lowest BCUT2D eigenvalue weighted by Crippen LogP contribution is -2.39. The lowest BCUT2D eigenvalue weighted by atomic mass is 9.71. The first-order valence-corrected chi connectivity index (χ1v) is 9.53. The molecular formula is C20H28N4O3. The summed E-state index contributed by atoms with van der Waals surface area (Å²) in [5.74, 6) is 1.55. The van der Waals surface area contributed by atoms with Crippen LogP contribution in [0, 0.1) is 5.41 Å². The summed E-state index contributed by atoms with van der Waals surface area (Å²) in [5.41, 5.74) is 6.72. The van der Waals surface area contributed by atoms with E-state index in [1.54, 1.807) is 7.11 Å². The Hall–Kier alpha value is -2.41. The van der Waals surface area contributed by atoms with Crippen molar-refractivity contribution in [2.45, 2.75) is 51.5 Å². The van der Waals surface area contributed by atoms with E-state index in [2.05, 4.69) is 15.5 Å². The minimum atomic E-state index is -0.359. The number of aromatic nitrogens is 2. The highest BCUT2D eigenvalue weighted by molar-refractivity contribution is 5.77. The second-order valence-electron chi connectivity index (χ2n) is 7.42. The molecule has 1 atom stereocenters. The minimum Gasteiger partial charge on any atom is -0.497 e. The van der Waals surface area contributed by atoms with Gasteiger partial charge in [-0.25, -0.2) is 0 Å². The molecule has 1 aliphatic carbocycles. The summed E-state index contributed by atoms with van der Waals surface area (Å²) in [5, 5.41) is 7.00.